The number of benzene rings is 1. The Hall–Kier alpha value is -2.67. The van der Waals surface area contributed by atoms with E-state index < -0.39 is 0 Å². The highest BCUT2D eigenvalue weighted by Gasteiger charge is 2.46. The molecule has 170 valence electrons. The molecule has 2 saturated carbocycles. The second-order valence-corrected chi connectivity index (χ2v) is 9.84. The van der Waals surface area contributed by atoms with Crippen LogP contribution in [0.2, 0.25) is 0 Å². The van der Waals surface area contributed by atoms with Gasteiger partial charge >= 0.3 is 0 Å². The number of carbonyl (C=O) groups excluding carboxylic acids is 1. The van der Waals surface area contributed by atoms with Gasteiger partial charge in [-0.15, -0.1) is 0 Å². The molecule has 3 aliphatic rings. The Morgan fingerprint density at radius 1 is 1.12 bits per heavy atom. The van der Waals surface area contributed by atoms with E-state index in [1.165, 1.54) is 17.5 Å². The number of amides is 1. The second-order valence-electron chi connectivity index (χ2n) is 9.84. The Morgan fingerprint density at radius 2 is 1.88 bits per heavy atom. The monoisotopic (exact) mass is 435 g/mol. The van der Waals surface area contributed by atoms with Crippen LogP contribution in [0.3, 0.4) is 0 Å². The number of nitrogens with zero attached hydrogens (tertiary/aromatic N) is 3. The van der Waals surface area contributed by atoms with Gasteiger partial charge in [0, 0.05) is 31.9 Å². The Balaban J connectivity index is 1.34. The van der Waals surface area contributed by atoms with Crippen LogP contribution >= 0.6 is 0 Å². The quantitative estimate of drug-likeness (QED) is 0.646. The Labute approximate surface area is 189 Å². The maximum absolute atomic E-state index is 13.1. The number of aliphatic hydroxyl groups excluding tert-OH is 1. The van der Waals surface area contributed by atoms with Crippen molar-refractivity contribution in [1.82, 2.24) is 15.3 Å². The lowest BCUT2D eigenvalue weighted by Gasteiger charge is -2.26. The van der Waals surface area contributed by atoms with Gasteiger partial charge in [0.05, 0.1) is 6.10 Å². The van der Waals surface area contributed by atoms with Gasteiger partial charge in [-0.25, -0.2) is 4.98 Å². The number of hydrogen-bond acceptors (Lipinski definition) is 6. The third kappa shape index (κ3) is 4.58. The van der Waals surface area contributed by atoms with Crippen molar-refractivity contribution in [2.24, 2.45) is 11.8 Å². The summed E-state index contributed by atoms with van der Waals surface area (Å²) in [6, 6.07) is 6.49. The minimum Gasteiger partial charge on any atom is -0.393 e. The predicted molar refractivity (Wildman–Crippen MR) is 125 cm³/mol. The largest absolute Gasteiger partial charge is 0.393 e. The highest BCUT2D eigenvalue weighted by molar-refractivity contribution is 5.98. The topological polar surface area (TPSA) is 90.4 Å². The van der Waals surface area contributed by atoms with Crippen LogP contribution in [0, 0.1) is 25.7 Å². The summed E-state index contributed by atoms with van der Waals surface area (Å²) >= 11 is 0. The van der Waals surface area contributed by atoms with E-state index in [0.717, 1.165) is 56.2 Å². The zero-order chi connectivity index (χ0) is 22.2. The van der Waals surface area contributed by atoms with Crippen molar-refractivity contribution in [3.8, 4) is 0 Å². The highest BCUT2D eigenvalue weighted by Crippen LogP contribution is 2.45. The predicted octanol–water partition coefficient (Wildman–Crippen LogP) is 3.19. The van der Waals surface area contributed by atoms with Crippen LogP contribution in [0.5, 0.6) is 0 Å². The first-order chi connectivity index (χ1) is 15.5. The number of fused-ring (bicyclic) bond motifs is 1. The first-order valence-electron chi connectivity index (χ1n) is 11.9. The fourth-order valence-corrected chi connectivity index (χ4v) is 4.97. The Bertz CT molecular complexity index is 992. The summed E-state index contributed by atoms with van der Waals surface area (Å²) < 4.78 is 0. The van der Waals surface area contributed by atoms with Gasteiger partial charge in [0.25, 0.3) is 5.91 Å². The normalized spacial score (nSPS) is 26.5. The van der Waals surface area contributed by atoms with E-state index >= 15 is 0 Å². The molecule has 3 fully saturated rings. The van der Waals surface area contributed by atoms with E-state index in [9.17, 15) is 9.90 Å². The highest BCUT2D eigenvalue weighted by atomic mass is 16.3. The molecule has 32 heavy (non-hydrogen) atoms. The van der Waals surface area contributed by atoms with Crippen molar-refractivity contribution in [2.75, 3.05) is 23.3 Å². The van der Waals surface area contributed by atoms with Crippen LogP contribution in [-0.2, 0) is 6.54 Å². The zero-order valence-electron chi connectivity index (χ0n) is 19.0. The molecule has 5 rings (SSSR count). The lowest BCUT2D eigenvalue weighted by Crippen LogP contribution is -2.39. The number of anilines is 2. The lowest BCUT2D eigenvalue weighted by molar-refractivity contribution is 0.0867. The summed E-state index contributed by atoms with van der Waals surface area (Å²) in [6.07, 6.45) is 5.81. The third-order valence-electron chi connectivity index (χ3n) is 7.35. The number of aliphatic hydroxyl groups is 1. The van der Waals surface area contributed by atoms with Crippen LogP contribution in [-0.4, -0.2) is 46.2 Å². The molecule has 1 saturated heterocycles. The Kier molecular flexibility index (Phi) is 5.76. The molecule has 0 radical (unpaired) electrons. The molecule has 1 amide bonds. The fourth-order valence-electron chi connectivity index (χ4n) is 4.97. The van der Waals surface area contributed by atoms with Crippen LogP contribution in [0.25, 0.3) is 0 Å². The van der Waals surface area contributed by atoms with Crippen LogP contribution in [0.15, 0.2) is 24.4 Å². The number of hydrogen-bond donors (Lipinski definition) is 3. The van der Waals surface area contributed by atoms with E-state index in [2.05, 4.69) is 52.6 Å². The molecule has 1 aromatic heterocycles. The van der Waals surface area contributed by atoms with Gasteiger partial charge in [-0.05, 0) is 74.5 Å². The standard InChI is InChI=1S/C25H33N5O2/c1-15-3-4-17(9-16(15)2)11-26-23-22(24(32)28-20-5-7-21(31)8-6-20)12-27-25(29-23)30-13-18-10-19(18)14-30/h3-4,9,12,18-21,31H,5-8,10-11,13-14H2,1-2H3,(H,28,32)(H,26,27,29)/t18?,19?,20-,21-. The molecule has 0 spiro atoms. The number of piperidine rings is 1. The number of rotatable bonds is 6. The lowest BCUT2D eigenvalue weighted by atomic mass is 9.93. The Morgan fingerprint density at radius 3 is 2.59 bits per heavy atom. The molecular weight excluding hydrogens is 402 g/mol. The van der Waals surface area contributed by atoms with Crippen molar-refractivity contribution in [3.05, 3.63) is 46.6 Å². The summed E-state index contributed by atoms with van der Waals surface area (Å²) in [6.45, 7) is 6.84. The number of aryl methyl sites for hydroxylation is 2. The van der Waals surface area contributed by atoms with Gasteiger partial charge in [-0.2, -0.15) is 4.98 Å². The van der Waals surface area contributed by atoms with Crippen molar-refractivity contribution < 1.29 is 9.90 Å². The average molecular weight is 436 g/mol. The number of carbonyl (C=O) groups is 1. The van der Waals surface area contributed by atoms with E-state index in [4.69, 9.17) is 4.98 Å². The van der Waals surface area contributed by atoms with E-state index in [-0.39, 0.29) is 18.1 Å². The zero-order valence-corrected chi connectivity index (χ0v) is 19.0. The fraction of sp³-hybridized carbons (Fsp3) is 0.560. The molecule has 2 atom stereocenters. The maximum Gasteiger partial charge on any atom is 0.256 e. The van der Waals surface area contributed by atoms with E-state index in [1.54, 1.807) is 6.20 Å². The molecule has 2 unspecified atom stereocenters. The number of nitrogens with one attached hydrogen (secondary N) is 2. The number of aromatic nitrogens is 2. The molecule has 7 nitrogen and oxygen atoms in total. The molecule has 3 N–H and O–H groups in total. The third-order valence-corrected chi connectivity index (χ3v) is 7.35. The van der Waals surface area contributed by atoms with Crippen molar-refractivity contribution in [1.29, 1.82) is 0 Å². The first kappa shape index (κ1) is 21.2. The van der Waals surface area contributed by atoms with Gasteiger partial charge in [-0.1, -0.05) is 18.2 Å². The van der Waals surface area contributed by atoms with Crippen molar-refractivity contribution in [3.63, 3.8) is 0 Å². The maximum atomic E-state index is 13.1. The van der Waals surface area contributed by atoms with Gasteiger partial charge in [-0.3, -0.25) is 4.79 Å². The molecule has 0 bridgehead atoms. The summed E-state index contributed by atoms with van der Waals surface area (Å²) in [5, 5.41) is 16.3. The smallest absolute Gasteiger partial charge is 0.256 e. The second kappa shape index (κ2) is 8.70. The first-order valence-corrected chi connectivity index (χ1v) is 11.9. The van der Waals surface area contributed by atoms with Crippen molar-refractivity contribution >= 4 is 17.7 Å². The molecule has 2 heterocycles. The molecule has 2 aromatic rings. The van der Waals surface area contributed by atoms with E-state index in [0.29, 0.717) is 23.9 Å². The summed E-state index contributed by atoms with van der Waals surface area (Å²) in [5.41, 5.74) is 4.15. The van der Waals surface area contributed by atoms with E-state index in [1.807, 2.05) is 0 Å². The molecule has 1 aliphatic heterocycles. The van der Waals surface area contributed by atoms with Gasteiger partial charge in [0.2, 0.25) is 5.95 Å². The molecule has 7 heteroatoms. The minimum atomic E-state index is -0.243. The SMILES string of the molecule is Cc1ccc(CNc2nc(N3CC4CC4C3)ncc2C(=O)N[C@H]2CC[C@H](O)CC2)cc1C. The molecule has 2 aliphatic carbocycles. The average Bonchev–Trinajstić information content (AvgIpc) is 3.40. The molecule has 1 aromatic carbocycles. The van der Waals surface area contributed by atoms with Gasteiger partial charge in [0.1, 0.15) is 11.4 Å². The summed E-state index contributed by atoms with van der Waals surface area (Å²) in [5.74, 6) is 2.72. The molecular formula is C25H33N5O2. The van der Waals surface area contributed by atoms with Crippen molar-refractivity contribution in [2.45, 2.75) is 64.6 Å². The van der Waals surface area contributed by atoms with Gasteiger partial charge < -0.3 is 20.6 Å². The van der Waals surface area contributed by atoms with Crippen LogP contribution in [0.4, 0.5) is 11.8 Å². The summed E-state index contributed by atoms with van der Waals surface area (Å²) in [4.78, 5) is 24.7. The summed E-state index contributed by atoms with van der Waals surface area (Å²) in [7, 11) is 0. The van der Waals surface area contributed by atoms with Gasteiger partial charge in [0.15, 0.2) is 0 Å². The van der Waals surface area contributed by atoms with Crippen LogP contribution in [0.1, 0.15) is 59.2 Å². The minimum absolute atomic E-state index is 0.0869. The van der Waals surface area contributed by atoms with Crippen LogP contribution < -0.4 is 15.5 Å².